The predicted molar refractivity (Wildman–Crippen MR) is 69.9 cm³/mol. The van der Waals surface area contributed by atoms with Gasteiger partial charge in [-0.05, 0) is 31.7 Å². The van der Waals surface area contributed by atoms with Crippen LogP contribution in [0.4, 0.5) is 0 Å². The molecule has 0 amide bonds. The van der Waals surface area contributed by atoms with Crippen LogP contribution in [-0.2, 0) is 12.8 Å². The van der Waals surface area contributed by atoms with E-state index in [1.165, 1.54) is 24.8 Å². The molecule has 2 heterocycles. The lowest BCUT2D eigenvalue weighted by Crippen LogP contribution is -2.08. The number of pyridine rings is 1. The van der Waals surface area contributed by atoms with Gasteiger partial charge in [0.1, 0.15) is 12.1 Å². The summed E-state index contributed by atoms with van der Waals surface area (Å²) in [5.41, 5.74) is 2.12. The van der Waals surface area contributed by atoms with Crippen molar-refractivity contribution in [3.05, 3.63) is 41.6 Å². The van der Waals surface area contributed by atoms with Gasteiger partial charge in [-0.3, -0.25) is 4.98 Å². The molecule has 0 unspecified atom stereocenters. The molecule has 2 aromatic rings. The fourth-order valence-electron chi connectivity index (χ4n) is 2.28. The lowest BCUT2D eigenvalue weighted by Gasteiger charge is -2.17. The van der Waals surface area contributed by atoms with Crippen LogP contribution >= 0.6 is 0 Å². The van der Waals surface area contributed by atoms with Gasteiger partial charge in [-0.25, -0.2) is 14.8 Å². The molecule has 2 aromatic heterocycles. The van der Waals surface area contributed by atoms with E-state index in [-0.39, 0.29) is 5.56 Å². The van der Waals surface area contributed by atoms with Crippen LogP contribution in [0, 0.1) is 0 Å². The van der Waals surface area contributed by atoms with Crippen molar-refractivity contribution in [1.82, 2.24) is 15.0 Å². The molecule has 0 saturated heterocycles. The molecule has 1 aliphatic rings. The van der Waals surface area contributed by atoms with Gasteiger partial charge in [0.2, 0.25) is 5.88 Å². The van der Waals surface area contributed by atoms with E-state index >= 15 is 0 Å². The Kier molecular flexibility index (Phi) is 3.28. The number of ether oxygens (including phenoxy) is 1. The van der Waals surface area contributed by atoms with Crippen LogP contribution in [0.2, 0.25) is 0 Å². The summed E-state index contributed by atoms with van der Waals surface area (Å²) in [5.74, 6) is -0.164. The molecule has 0 radical (unpaired) electrons. The highest BCUT2D eigenvalue weighted by Crippen LogP contribution is 2.29. The van der Waals surface area contributed by atoms with Crippen LogP contribution in [0.25, 0.3) is 0 Å². The molecule has 0 aromatic carbocycles. The van der Waals surface area contributed by atoms with E-state index in [9.17, 15) is 4.79 Å². The van der Waals surface area contributed by atoms with Crippen molar-refractivity contribution in [2.24, 2.45) is 0 Å². The minimum absolute atomic E-state index is 0.0884. The van der Waals surface area contributed by atoms with Gasteiger partial charge in [0.15, 0.2) is 0 Å². The van der Waals surface area contributed by atoms with Gasteiger partial charge >= 0.3 is 5.97 Å². The highest BCUT2D eigenvalue weighted by atomic mass is 16.5. The number of carboxylic acid groups (broad SMARTS) is 1. The molecular weight excluding hydrogens is 258 g/mol. The number of hydrogen-bond donors (Lipinski definition) is 1. The number of hydrogen-bond acceptors (Lipinski definition) is 5. The molecular formula is C14H13N3O3. The zero-order valence-corrected chi connectivity index (χ0v) is 10.7. The minimum atomic E-state index is -1.03. The van der Waals surface area contributed by atoms with Crippen LogP contribution in [0.1, 0.15) is 34.5 Å². The number of aromatic carboxylic acids is 1. The van der Waals surface area contributed by atoms with Crippen molar-refractivity contribution >= 4 is 5.97 Å². The van der Waals surface area contributed by atoms with E-state index in [1.54, 1.807) is 0 Å². The first-order valence-corrected chi connectivity index (χ1v) is 6.43. The Morgan fingerprint density at radius 1 is 1.20 bits per heavy atom. The first-order chi connectivity index (χ1) is 9.74. The van der Waals surface area contributed by atoms with Gasteiger partial charge in [-0.1, -0.05) is 0 Å². The Bertz CT molecular complexity index is 658. The zero-order chi connectivity index (χ0) is 13.9. The van der Waals surface area contributed by atoms with E-state index in [1.807, 2.05) is 0 Å². The standard InChI is InChI=1S/C14H13N3O3/c18-14(19)9-5-10(7-15-6-9)20-13-11-3-1-2-4-12(11)16-8-17-13/h5-8H,1-4H2,(H,18,19). The van der Waals surface area contributed by atoms with Crippen molar-refractivity contribution in [3.8, 4) is 11.6 Å². The van der Waals surface area contributed by atoms with Gasteiger partial charge in [-0.2, -0.15) is 0 Å². The molecule has 0 bridgehead atoms. The molecule has 1 aliphatic carbocycles. The number of carbonyl (C=O) groups is 1. The maximum Gasteiger partial charge on any atom is 0.337 e. The second-order valence-corrected chi connectivity index (χ2v) is 4.63. The molecule has 6 nitrogen and oxygen atoms in total. The summed E-state index contributed by atoms with van der Waals surface area (Å²) in [6.07, 6.45) is 8.27. The van der Waals surface area contributed by atoms with Crippen molar-refractivity contribution in [3.63, 3.8) is 0 Å². The number of nitrogens with zero attached hydrogens (tertiary/aromatic N) is 3. The summed E-state index contributed by atoms with van der Waals surface area (Å²) in [7, 11) is 0. The number of fused-ring (bicyclic) bond motifs is 1. The van der Waals surface area contributed by atoms with E-state index in [0.29, 0.717) is 11.6 Å². The lowest BCUT2D eigenvalue weighted by atomic mass is 9.97. The van der Waals surface area contributed by atoms with Crippen LogP contribution in [0.5, 0.6) is 11.6 Å². The molecule has 1 N–H and O–H groups in total. The van der Waals surface area contributed by atoms with E-state index in [2.05, 4.69) is 15.0 Å². The molecule has 6 heteroatoms. The number of aromatic nitrogens is 3. The average molecular weight is 271 g/mol. The normalized spacial score (nSPS) is 13.6. The van der Waals surface area contributed by atoms with E-state index in [4.69, 9.17) is 9.84 Å². The van der Waals surface area contributed by atoms with Crippen LogP contribution in [0.3, 0.4) is 0 Å². The summed E-state index contributed by atoms with van der Waals surface area (Å²) in [5, 5.41) is 8.95. The Morgan fingerprint density at radius 2 is 2.05 bits per heavy atom. The van der Waals surface area contributed by atoms with Crippen molar-refractivity contribution in [2.45, 2.75) is 25.7 Å². The molecule has 0 spiro atoms. The quantitative estimate of drug-likeness (QED) is 0.921. The summed E-state index contributed by atoms with van der Waals surface area (Å²) < 4.78 is 5.69. The fraction of sp³-hybridized carbons (Fsp3) is 0.286. The van der Waals surface area contributed by atoms with Gasteiger partial charge in [0.05, 0.1) is 17.5 Å². The van der Waals surface area contributed by atoms with Gasteiger partial charge in [-0.15, -0.1) is 0 Å². The summed E-state index contributed by atoms with van der Waals surface area (Å²) >= 11 is 0. The van der Waals surface area contributed by atoms with Crippen molar-refractivity contribution in [2.75, 3.05) is 0 Å². The molecule has 3 rings (SSSR count). The van der Waals surface area contributed by atoms with Crippen molar-refractivity contribution < 1.29 is 14.6 Å². The SMILES string of the molecule is O=C(O)c1cncc(Oc2ncnc3c2CCCC3)c1. The van der Waals surface area contributed by atoms with Crippen LogP contribution in [0.15, 0.2) is 24.8 Å². The smallest absolute Gasteiger partial charge is 0.337 e. The molecule has 0 aliphatic heterocycles. The topological polar surface area (TPSA) is 85.2 Å². The van der Waals surface area contributed by atoms with E-state index < -0.39 is 5.97 Å². The van der Waals surface area contributed by atoms with Gasteiger partial charge in [0, 0.05) is 11.8 Å². The Labute approximate surface area is 115 Å². The second kappa shape index (κ2) is 5.24. The maximum atomic E-state index is 10.9. The van der Waals surface area contributed by atoms with Crippen molar-refractivity contribution in [1.29, 1.82) is 0 Å². The third kappa shape index (κ3) is 2.45. The van der Waals surface area contributed by atoms with Crippen LogP contribution in [-0.4, -0.2) is 26.0 Å². The zero-order valence-electron chi connectivity index (χ0n) is 10.7. The number of aryl methyl sites for hydroxylation is 1. The second-order valence-electron chi connectivity index (χ2n) is 4.63. The third-order valence-corrected chi connectivity index (χ3v) is 3.26. The predicted octanol–water partition coefficient (Wildman–Crippen LogP) is 2.24. The summed E-state index contributed by atoms with van der Waals surface area (Å²) in [4.78, 5) is 23.2. The first-order valence-electron chi connectivity index (χ1n) is 6.43. The molecule has 0 fully saturated rings. The largest absolute Gasteiger partial charge is 0.478 e. The first kappa shape index (κ1) is 12.5. The number of rotatable bonds is 3. The fourth-order valence-corrected chi connectivity index (χ4v) is 2.28. The highest BCUT2D eigenvalue weighted by Gasteiger charge is 2.17. The number of carboxylic acids is 1. The van der Waals surface area contributed by atoms with E-state index in [0.717, 1.165) is 36.9 Å². The molecule has 20 heavy (non-hydrogen) atoms. The third-order valence-electron chi connectivity index (χ3n) is 3.26. The summed E-state index contributed by atoms with van der Waals surface area (Å²) in [6.45, 7) is 0. The Balaban J connectivity index is 1.91. The average Bonchev–Trinajstić information content (AvgIpc) is 2.48. The highest BCUT2D eigenvalue weighted by molar-refractivity contribution is 5.87. The lowest BCUT2D eigenvalue weighted by molar-refractivity contribution is 0.0696. The molecule has 102 valence electrons. The molecule has 0 atom stereocenters. The Morgan fingerprint density at radius 3 is 2.90 bits per heavy atom. The summed E-state index contributed by atoms with van der Waals surface area (Å²) in [6, 6.07) is 1.44. The minimum Gasteiger partial charge on any atom is -0.478 e. The molecule has 0 saturated carbocycles. The Hall–Kier alpha value is -2.50. The van der Waals surface area contributed by atoms with Gasteiger partial charge in [0.25, 0.3) is 0 Å². The van der Waals surface area contributed by atoms with Gasteiger partial charge < -0.3 is 9.84 Å². The maximum absolute atomic E-state index is 10.9. The monoisotopic (exact) mass is 271 g/mol. The van der Waals surface area contributed by atoms with Crippen LogP contribution < -0.4 is 4.74 Å².